The normalized spacial score (nSPS) is 10.3. The van der Waals surface area contributed by atoms with Crippen molar-refractivity contribution < 1.29 is 14.6 Å². The van der Waals surface area contributed by atoms with Crippen molar-refractivity contribution in [2.24, 2.45) is 0 Å². The van der Waals surface area contributed by atoms with Gasteiger partial charge in [-0.15, -0.1) is 0 Å². The third kappa shape index (κ3) is 4.75. The molecule has 0 aliphatic heterocycles. The molecule has 0 heterocycles. The topological polar surface area (TPSA) is 58.6 Å². The van der Waals surface area contributed by atoms with E-state index in [1.165, 1.54) is 11.1 Å². The summed E-state index contributed by atoms with van der Waals surface area (Å²) in [6.07, 6.45) is 2.01. The molecule has 0 bridgehead atoms. The molecule has 18 heavy (non-hydrogen) atoms. The Morgan fingerprint density at radius 1 is 1.39 bits per heavy atom. The van der Waals surface area contributed by atoms with Gasteiger partial charge in [0.15, 0.2) is 0 Å². The van der Waals surface area contributed by atoms with Gasteiger partial charge < -0.3 is 15.2 Å². The Labute approximate surface area is 108 Å². The maximum Gasteiger partial charge on any atom is 0.304 e. The molecule has 0 radical (unpaired) electrons. The Kier molecular flexibility index (Phi) is 6.22. The van der Waals surface area contributed by atoms with Gasteiger partial charge in [-0.1, -0.05) is 19.1 Å². The molecule has 0 atom stereocenters. The smallest absolute Gasteiger partial charge is 0.304 e. The molecule has 2 N–H and O–H groups in total. The first kappa shape index (κ1) is 14.5. The predicted octanol–water partition coefficient (Wildman–Crippen LogP) is 1.86. The van der Waals surface area contributed by atoms with Crippen LogP contribution in [0.4, 0.5) is 0 Å². The van der Waals surface area contributed by atoms with Crippen LogP contribution in [0.2, 0.25) is 0 Å². The summed E-state index contributed by atoms with van der Waals surface area (Å²) in [6.45, 7) is 3.39. The van der Waals surface area contributed by atoms with Gasteiger partial charge in [0.1, 0.15) is 5.75 Å². The van der Waals surface area contributed by atoms with E-state index >= 15 is 0 Å². The molecule has 4 heteroatoms. The van der Waals surface area contributed by atoms with E-state index in [1.807, 2.05) is 6.07 Å². The van der Waals surface area contributed by atoms with Gasteiger partial charge in [-0.25, -0.2) is 0 Å². The SMILES string of the molecule is CCc1ccc(OC)c(CCNCCC(=O)O)c1. The molecular weight excluding hydrogens is 230 g/mol. The minimum atomic E-state index is -0.770. The summed E-state index contributed by atoms with van der Waals surface area (Å²) in [5, 5.41) is 11.6. The monoisotopic (exact) mass is 251 g/mol. The van der Waals surface area contributed by atoms with Crippen molar-refractivity contribution in [1.82, 2.24) is 5.32 Å². The fourth-order valence-corrected chi connectivity index (χ4v) is 1.79. The first-order valence-electron chi connectivity index (χ1n) is 6.25. The lowest BCUT2D eigenvalue weighted by Crippen LogP contribution is -2.21. The van der Waals surface area contributed by atoms with E-state index in [-0.39, 0.29) is 6.42 Å². The predicted molar refractivity (Wildman–Crippen MR) is 71.2 cm³/mol. The number of nitrogens with one attached hydrogen (secondary N) is 1. The largest absolute Gasteiger partial charge is 0.496 e. The maximum absolute atomic E-state index is 10.4. The Morgan fingerprint density at radius 3 is 2.78 bits per heavy atom. The summed E-state index contributed by atoms with van der Waals surface area (Å²) in [4.78, 5) is 10.4. The van der Waals surface area contributed by atoms with Gasteiger partial charge in [0, 0.05) is 6.54 Å². The molecule has 100 valence electrons. The summed E-state index contributed by atoms with van der Waals surface area (Å²) in [5.41, 5.74) is 2.45. The molecular formula is C14H21NO3. The molecule has 1 aromatic carbocycles. The Bertz CT molecular complexity index is 391. The number of carboxylic acid groups (broad SMARTS) is 1. The second-order valence-electron chi connectivity index (χ2n) is 4.14. The summed E-state index contributed by atoms with van der Waals surface area (Å²) >= 11 is 0. The highest BCUT2D eigenvalue weighted by Gasteiger charge is 2.04. The Morgan fingerprint density at radius 2 is 2.17 bits per heavy atom. The fourth-order valence-electron chi connectivity index (χ4n) is 1.79. The zero-order valence-corrected chi connectivity index (χ0v) is 11.0. The van der Waals surface area contributed by atoms with Crippen LogP contribution in [0.1, 0.15) is 24.5 Å². The molecule has 0 aliphatic carbocycles. The van der Waals surface area contributed by atoms with Crippen LogP contribution in [0.3, 0.4) is 0 Å². The molecule has 0 fully saturated rings. The van der Waals surface area contributed by atoms with Crippen molar-refractivity contribution in [3.63, 3.8) is 0 Å². The average Bonchev–Trinajstić information content (AvgIpc) is 2.37. The zero-order valence-electron chi connectivity index (χ0n) is 11.0. The van der Waals surface area contributed by atoms with Crippen LogP contribution in [0.5, 0.6) is 5.75 Å². The van der Waals surface area contributed by atoms with Gasteiger partial charge in [0.2, 0.25) is 0 Å². The number of methoxy groups -OCH3 is 1. The number of ether oxygens (including phenoxy) is 1. The van der Waals surface area contributed by atoms with Crippen LogP contribution in [0.25, 0.3) is 0 Å². The van der Waals surface area contributed by atoms with Gasteiger partial charge in [-0.3, -0.25) is 4.79 Å². The zero-order chi connectivity index (χ0) is 13.4. The number of carboxylic acids is 1. The van der Waals surface area contributed by atoms with Crippen LogP contribution in [-0.2, 0) is 17.6 Å². The van der Waals surface area contributed by atoms with Gasteiger partial charge in [0.25, 0.3) is 0 Å². The van der Waals surface area contributed by atoms with Crippen molar-refractivity contribution in [2.75, 3.05) is 20.2 Å². The minimum Gasteiger partial charge on any atom is -0.496 e. The number of rotatable bonds is 8. The summed E-state index contributed by atoms with van der Waals surface area (Å²) in [6, 6.07) is 6.21. The van der Waals surface area contributed by atoms with E-state index in [4.69, 9.17) is 9.84 Å². The number of aryl methyl sites for hydroxylation is 1. The van der Waals surface area contributed by atoms with E-state index in [1.54, 1.807) is 7.11 Å². The Hall–Kier alpha value is -1.55. The summed E-state index contributed by atoms with van der Waals surface area (Å²) in [5.74, 6) is 0.125. The van der Waals surface area contributed by atoms with E-state index in [9.17, 15) is 4.79 Å². The molecule has 0 amide bonds. The van der Waals surface area contributed by atoms with Gasteiger partial charge in [0.05, 0.1) is 13.5 Å². The lowest BCUT2D eigenvalue weighted by Gasteiger charge is -2.10. The second-order valence-corrected chi connectivity index (χ2v) is 4.14. The van der Waals surface area contributed by atoms with Crippen molar-refractivity contribution in [3.8, 4) is 5.75 Å². The Balaban J connectivity index is 2.47. The number of benzene rings is 1. The van der Waals surface area contributed by atoms with E-state index in [2.05, 4.69) is 24.4 Å². The van der Waals surface area contributed by atoms with E-state index in [0.29, 0.717) is 6.54 Å². The van der Waals surface area contributed by atoms with Crippen LogP contribution in [0.15, 0.2) is 18.2 Å². The molecule has 4 nitrogen and oxygen atoms in total. The molecule has 0 spiro atoms. The first-order chi connectivity index (χ1) is 8.67. The highest BCUT2D eigenvalue weighted by molar-refractivity contribution is 5.66. The standard InChI is InChI=1S/C14H21NO3/c1-3-11-4-5-13(18-2)12(10-11)6-8-15-9-7-14(16)17/h4-5,10,15H,3,6-9H2,1-2H3,(H,16,17). The molecule has 1 rings (SSSR count). The van der Waals surface area contributed by atoms with Crippen LogP contribution in [-0.4, -0.2) is 31.3 Å². The van der Waals surface area contributed by atoms with Gasteiger partial charge in [-0.2, -0.15) is 0 Å². The first-order valence-corrected chi connectivity index (χ1v) is 6.25. The molecule has 0 unspecified atom stereocenters. The van der Waals surface area contributed by atoms with Crippen LogP contribution < -0.4 is 10.1 Å². The summed E-state index contributed by atoms with van der Waals surface area (Å²) < 4.78 is 5.32. The fraction of sp³-hybridized carbons (Fsp3) is 0.500. The van der Waals surface area contributed by atoms with Crippen LogP contribution in [0, 0.1) is 0 Å². The molecule has 0 saturated carbocycles. The third-order valence-corrected chi connectivity index (χ3v) is 2.84. The quantitative estimate of drug-likeness (QED) is 0.692. The maximum atomic E-state index is 10.4. The number of hydrogen-bond acceptors (Lipinski definition) is 3. The van der Waals surface area contributed by atoms with Gasteiger partial charge in [-0.05, 0) is 36.6 Å². The van der Waals surface area contributed by atoms with E-state index in [0.717, 1.165) is 25.1 Å². The minimum absolute atomic E-state index is 0.159. The lowest BCUT2D eigenvalue weighted by molar-refractivity contribution is -0.136. The molecule has 1 aromatic rings. The van der Waals surface area contributed by atoms with Crippen LogP contribution >= 0.6 is 0 Å². The third-order valence-electron chi connectivity index (χ3n) is 2.84. The lowest BCUT2D eigenvalue weighted by atomic mass is 10.1. The number of hydrogen-bond donors (Lipinski definition) is 2. The molecule has 0 saturated heterocycles. The number of carbonyl (C=O) groups is 1. The van der Waals surface area contributed by atoms with E-state index < -0.39 is 5.97 Å². The molecule has 0 aliphatic rings. The molecule has 0 aromatic heterocycles. The van der Waals surface area contributed by atoms with Crippen molar-refractivity contribution in [1.29, 1.82) is 0 Å². The van der Waals surface area contributed by atoms with Gasteiger partial charge >= 0.3 is 5.97 Å². The second kappa shape index (κ2) is 7.71. The number of aliphatic carboxylic acids is 1. The van der Waals surface area contributed by atoms with Crippen molar-refractivity contribution in [3.05, 3.63) is 29.3 Å². The average molecular weight is 251 g/mol. The highest BCUT2D eigenvalue weighted by Crippen LogP contribution is 2.20. The van der Waals surface area contributed by atoms with Crippen molar-refractivity contribution >= 4 is 5.97 Å². The summed E-state index contributed by atoms with van der Waals surface area (Å²) in [7, 11) is 1.67. The van der Waals surface area contributed by atoms with Crippen molar-refractivity contribution in [2.45, 2.75) is 26.2 Å². The highest BCUT2D eigenvalue weighted by atomic mass is 16.5.